The second kappa shape index (κ2) is 4.83. The van der Waals surface area contributed by atoms with Crippen molar-refractivity contribution in [2.24, 2.45) is 5.73 Å². The normalized spacial score (nSPS) is 11.8. The molecule has 0 aliphatic carbocycles. The summed E-state index contributed by atoms with van der Waals surface area (Å²) >= 11 is 6.72. The van der Waals surface area contributed by atoms with Crippen molar-refractivity contribution in [3.8, 4) is 10.7 Å². The Morgan fingerprint density at radius 2 is 2.11 bits per heavy atom. The molecule has 2 aromatic rings. The van der Waals surface area contributed by atoms with Gasteiger partial charge in [0.1, 0.15) is 10.7 Å². The average molecular weight is 294 g/mol. The maximum atomic E-state index is 12.7. The zero-order chi connectivity index (χ0) is 13.3. The van der Waals surface area contributed by atoms with Gasteiger partial charge in [-0.1, -0.05) is 11.6 Å². The van der Waals surface area contributed by atoms with E-state index < -0.39 is 11.9 Å². The van der Waals surface area contributed by atoms with Crippen LogP contribution >= 0.6 is 22.9 Å². The fraction of sp³-hybridized carbons (Fsp3) is 0.200. The van der Waals surface area contributed by atoms with Gasteiger partial charge in [0.15, 0.2) is 5.69 Å². The number of alkyl halides is 3. The summed E-state index contributed by atoms with van der Waals surface area (Å²) in [6.07, 6.45) is -3.08. The molecule has 2 N–H and O–H groups in total. The summed E-state index contributed by atoms with van der Waals surface area (Å²) in [5.74, 6) is 0. The third kappa shape index (κ3) is 2.47. The highest BCUT2D eigenvalue weighted by Gasteiger charge is 2.37. The van der Waals surface area contributed by atoms with Crippen molar-refractivity contribution in [2.75, 3.05) is 0 Å². The van der Waals surface area contributed by atoms with Gasteiger partial charge in [0, 0.05) is 12.7 Å². The Morgan fingerprint density at radius 1 is 1.39 bits per heavy atom. The smallest absolute Gasteiger partial charge is 0.326 e. The van der Waals surface area contributed by atoms with Gasteiger partial charge < -0.3 is 5.73 Å². The SMILES string of the molecule is NCc1sc(-c2ncccc2Cl)nc1C(F)(F)F. The summed E-state index contributed by atoms with van der Waals surface area (Å²) < 4.78 is 38.1. The summed E-state index contributed by atoms with van der Waals surface area (Å²) in [5.41, 5.74) is 4.56. The van der Waals surface area contributed by atoms with E-state index in [4.69, 9.17) is 17.3 Å². The number of halogens is 4. The van der Waals surface area contributed by atoms with Crippen molar-refractivity contribution in [3.63, 3.8) is 0 Å². The van der Waals surface area contributed by atoms with Crippen molar-refractivity contribution in [1.82, 2.24) is 9.97 Å². The van der Waals surface area contributed by atoms with Gasteiger partial charge in [0.05, 0.1) is 9.90 Å². The Morgan fingerprint density at radius 3 is 2.61 bits per heavy atom. The summed E-state index contributed by atoms with van der Waals surface area (Å²) in [6, 6.07) is 3.13. The van der Waals surface area contributed by atoms with Crippen LogP contribution in [0.4, 0.5) is 13.2 Å². The molecule has 0 bridgehead atoms. The molecule has 0 spiro atoms. The molecule has 0 saturated carbocycles. The molecule has 0 saturated heterocycles. The van der Waals surface area contributed by atoms with Gasteiger partial charge in [-0.3, -0.25) is 4.98 Å². The third-order valence-electron chi connectivity index (χ3n) is 2.11. The predicted octanol–water partition coefficient (Wildman–Crippen LogP) is 3.34. The first kappa shape index (κ1) is 13.3. The molecule has 0 amide bonds. The fourth-order valence-electron chi connectivity index (χ4n) is 1.36. The van der Waals surface area contributed by atoms with Crippen LogP contribution in [0.25, 0.3) is 10.7 Å². The third-order valence-corrected chi connectivity index (χ3v) is 3.50. The maximum Gasteiger partial charge on any atom is 0.434 e. The molecule has 96 valence electrons. The first-order chi connectivity index (χ1) is 8.43. The van der Waals surface area contributed by atoms with Gasteiger partial charge in [-0.15, -0.1) is 11.3 Å². The lowest BCUT2D eigenvalue weighted by molar-refractivity contribution is -0.141. The highest BCUT2D eigenvalue weighted by Crippen LogP contribution is 2.38. The minimum absolute atomic E-state index is 0.0285. The first-order valence-electron chi connectivity index (χ1n) is 4.81. The zero-order valence-corrected chi connectivity index (χ0v) is 10.4. The van der Waals surface area contributed by atoms with Gasteiger partial charge in [-0.2, -0.15) is 13.2 Å². The maximum absolute atomic E-state index is 12.7. The number of pyridine rings is 1. The second-order valence-corrected chi connectivity index (χ2v) is 4.82. The molecule has 0 fully saturated rings. The van der Waals surface area contributed by atoms with Crippen molar-refractivity contribution < 1.29 is 13.2 Å². The van der Waals surface area contributed by atoms with Gasteiger partial charge in [-0.25, -0.2) is 4.98 Å². The molecular weight excluding hydrogens is 287 g/mol. The number of aromatic nitrogens is 2. The second-order valence-electron chi connectivity index (χ2n) is 3.33. The van der Waals surface area contributed by atoms with E-state index in [1.54, 1.807) is 12.1 Å². The molecule has 0 unspecified atom stereocenters. The van der Waals surface area contributed by atoms with Crippen molar-refractivity contribution in [2.45, 2.75) is 12.7 Å². The van der Waals surface area contributed by atoms with E-state index in [0.29, 0.717) is 0 Å². The number of nitrogens with two attached hydrogens (primary N) is 1. The van der Waals surface area contributed by atoms with Crippen LogP contribution in [0, 0.1) is 0 Å². The van der Waals surface area contributed by atoms with Crippen LogP contribution in [-0.4, -0.2) is 9.97 Å². The Bertz CT molecular complexity index is 568. The standard InChI is InChI=1S/C10H7ClF3N3S/c11-5-2-1-3-16-7(5)9-17-8(10(12,13)14)6(4-15)18-9/h1-3H,4,15H2. The molecule has 0 atom stereocenters. The number of thiazole rings is 1. The molecule has 2 rings (SSSR count). The lowest BCUT2D eigenvalue weighted by Crippen LogP contribution is -2.10. The molecule has 0 aliphatic heterocycles. The van der Waals surface area contributed by atoms with Crippen LogP contribution in [0.15, 0.2) is 18.3 Å². The van der Waals surface area contributed by atoms with Crippen molar-refractivity contribution in [1.29, 1.82) is 0 Å². The highest BCUT2D eigenvalue weighted by atomic mass is 35.5. The van der Waals surface area contributed by atoms with Crippen LogP contribution in [-0.2, 0) is 12.7 Å². The Balaban J connectivity index is 2.55. The van der Waals surface area contributed by atoms with Crippen LogP contribution in [0.2, 0.25) is 5.02 Å². The Hall–Kier alpha value is -1.18. The monoisotopic (exact) mass is 293 g/mol. The molecular formula is C10H7ClF3N3S. The number of nitrogens with zero attached hydrogens (tertiary/aromatic N) is 2. The largest absolute Gasteiger partial charge is 0.434 e. The molecule has 8 heteroatoms. The van der Waals surface area contributed by atoms with E-state index in [0.717, 1.165) is 11.3 Å². The van der Waals surface area contributed by atoms with E-state index in [1.165, 1.54) is 6.20 Å². The Labute approximate surface area is 109 Å². The summed E-state index contributed by atoms with van der Waals surface area (Å²) in [6.45, 7) is -0.225. The van der Waals surface area contributed by atoms with Gasteiger partial charge in [-0.05, 0) is 12.1 Å². The lowest BCUT2D eigenvalue weighted by Gasteiger charge is -2.03. The molecule has 3 nitrogen and oxygen atoms in total. The first-order valence-corrected chi connectivity index (χ1v) is 6.00. The van der Waals surface area contributed by atoms with E-state index in [-0.39, 0.29) is 27.1 Å². The Kier molecular flexibility index (Phi) is 3.56. The molecule has 0 aromatic carbocycles. The quantitative estimate of drug-likeness (QED) is 0.924. The molecule has 0 radical (unpaired) electrons. The molecule has 2 aromatic heterocycles. The summed E-state index contributed by atoms with van der Waals surface area (Å²) in [7, 11) is 0. The van der Waals surface area contributed by atoms with Gasteiger partial charge in [0.2, 0.25) is 0 Å². The molecule has 0 aliphatic rings. The predicted molar refractivity (Wildman–Crippen MR) is 63.2 cm³/mol. The van der Waals surface area contributed by atoms with Crippen molar-refractivity contribution in [3.05, 3.63) is 33.9 Å². The van der Waals surface area contributed by atoms with E-state index in [9.17, 15) is 13.2 Å². The van der Waals surface area contributed by atoms with Crippen LogP contribution in [0.1, 0.15) is 10.6 Å². The lowest BCUT2D eigenvalue weighted by atomic mass is 10.3. The minimum Gasteiger partial charge on any atom is -0.326 e. The van der Waals surface area contributed by atoms with Crippen LogP contribution < -0.4 is 5.73 Å². The highest BCUT2D eigenvalue weighted by molar-refractivity contribution is 7.15. The van der Waals surface area contributed by atoms with Gasteiger partial charge >= 0.3 is 6.18 Å². The topological polar surface area (TPSA) is 51.8 Å². The van der Waals surface area contributed by atoms with Gasteiger partial charge in [0.25, 0.3) is 0 Å². The molecule has 18 heavy (non-hydrogen) atoms. The fourth-order valence-corrected chi connectivity index (χ4v) is 2.59. The summed E-state index contributed by atoms with van der Waals surface area (Å²) in [4.78, 5) is 7.45. The number of hydrogen-bond donors (Lipinski definition) is 1. The summed E-state index contributed by atoms with van der Waals surface area (Å²) in [5, 5.41) is 0.372. The van der Waals surface area contributed by atoms with Crippen LogP contribution in [0.5, 0.6) is 0 Å². The number of hydrogen-bond acceptors (Lipinski definition) is 4. The van der Waals surface area contributed by atoms with Crippen molar-refractivity contribution >= 4 is 22.9 Å². The van der Waals surface area contributed by atoms with E-state index in [2.05, 4.69) is 9.97 Å². The van der Waals surface area contributed by atoms with E-state index >= 15 is 0 Å². The van der Waals surface area contributed by atoms with Crippen LogP contribution in [0.3, 0.4) is 0 Å². The zero-order valence-electron chi connectivity index (χ0n) is 8.83. The molecule has 2 heterocycles. The average Bonchev–Trinajstić information content (AvgIpc) is 2.73. The van der Waals surface area contributed by atoms with E-state index in [1.807, 2.05) is 0 Å². The minimum atomic E-state index is -4.52. The number of rotatable bonds is 2.